The molecule has 0 saturated heterocycles. The second kappa shape index (κ2) is 5.17. The van der Waals surface area contributed by atoms with Crippen molar-refractivity contribution in [3.05, 3.63) is 65.5 Å². The molecule has 0 aliphatic carbocycles. The molecule has 0 amide bonds. The molecule has 0 N–H and O–H groups in total. The second-order valence-electron chi connectivity index (χ2n) is 4.54. The molecule has 1 aromatic heterocycles. The second-order valence-corrected chi connectivity index (χ2v) is 4.54. The average Bonchev–Trinajstić information content (AvgIpc) is 2.90. The van der Waals surface area contributed by atoms with E-state index in [9.17, 15) is 4.79 Å². The topological polar surface area (TPSA) is 52.3 Å². The van der Waals surface area contributed by atoms with Crippen LogP contribution in [0.4, 0.5) is 0 Å². The minimum Gasteiger partial charge on any atom is -0.454 e. The first-order chi connectivity index (χ1) is 9.74. The molecule has 0 atom stereocenters. The molecule has 0 unspecified atom stereocenters. The summed E-state index contributed by atoms with van der Waals surface area (Å²) in [5.41, 5.74) is 1.32. The number of benzene rings is 2. The van der Waals surface area contributed by atoms with E-state index < -0.39 is 0 Å². The third-order valence-corrected chi connectivity index (χ3v) is 3.03. The van der Waals surface area contributed by atoms with Crippen LogP contribution in [0, 0.1) is 6.92 Å². The number of hydrogen-bond donors (Lipinski definition) is 0. The van der Waals surface area contributed by atoms with Crippen LogP contribution < -0.4 is 0 Å². The smallest absolute Gasteiger partial charge is 0.339 e. The fourth-order valence-corrected chi connectivity index (χ4v) is 2.10. The van der Waals surface area contributed by atoms with Crippen LogP contribution in [-0.2, 0) is 11.3 Å². The van der Waals surface area contributed by atoms with Crippen molar-refractivity contribution in [2.45, 2.75) is 13.5 Å². The number of rotatable bonds is 3. The molecule has 100 valence electrons. The maximum Gasteiger partial charge on any atom is 0.339 e. The van der Waals surface area contributed by atoms with Crippen molar-refractivity contribution in [2.24, 2.45) is 0 Å². The van der Waals surface area contributed by atoms with Crippen molar-refractivity contribution < 1.29 is 14.1 Å². The Morgan fingerprint density at radius 2 is 2.00 bits per heavy atom. The monoisotopic (exact) mass is 267 g/mol. The maximum atomic E-state index is 12.2. The van der Waals surface area contributed by atoms with Gasteiger partial charge in [0.15, 0.2) is 12.4 Å². The molecular formula is C16H13NO3. The number of ether oxygens (including phenoxy) is 1. The molecule has 3 aromatic rings. The number of carbonyl (C=O) groups is 1. The van der Waals surface area contributed by atoms with Crippen molar-refractivity contribution in [1.29, 1.82) is 0 Å². The molecule has 0 fully saturated rings. The SMILES string of the molecule is Cc1cc(COC(=O)c2cccc3ccccc23)on1. The highest BCUT2D eigenvalue weighted by molar-refractivity contribution is 6.04. The number of fused-ring (bicyclic) bond motifs is 1. The van der Waals surface area contributed by atoms with Crippen LogP contribution in [0.1, 0.15) is 21.8 Å². The Balaban J connectivity index is 1.82. The Bertz CT molecular complexity index is 756. The third kappa shape index (κ3) is 2.40. The van der Waals surface area contributed by atoms with Crippen LogP contribution in [0.2, 0.25) is 0 Å². The molecule has 20 heavy (non-hydrogen) atoms. The fourth-order valence-electron chi connectivity index (χ4n) is 2.10. The molecular weight excluding hydrogens is 254 g/mol. The molecule has 3 rings (SSSR count). The predicted octanol–water partition coefficient (Wildman–Crippen LogP) is 3.49. The quantitative estimate of drug-likeness (QED) is 0.681. The van der Waals surface area contributed by atoms with E-state index in [1.54, 1.807) is 12.1 Å². The lowest BCUT2D eigenvalue weighted by Gasteiger charge is -2.06. The highest BCUT2D eigenvalue weighted by Crippen LogP contribution is 2.19. The van der Waals surface area contributed by atoms with Gasteiger partial charge in [0.2, 0.25) is 0 Å². The molecule has 4 heteroatoms. The summed E-state index contributed by atoms with van der Waals surface area (Å²) in [6, 6.07) is 15.0. The Hall–Kier alpha value is -2.62. The summed E-state index contributed by atoms with van der Waals surface area (Å²) in [7, 11) is 0. The Morgan fingerprint density at radius 3 is 2.80 bits per heavy atom. The van der Waals surface area contributed by atoms with E-state index >= 15 is 0 Å². The third-order valence-electron chi connectivity index (χ3n) is 3.03. The molecule has 2 aromatic carbocycles. The number of nitrogens with zero attached hydrogens (tertiary/aromatic N) is 1. The molecule has 1 heterocycles. The van der Waals surface area contributed by atoms with Crippen molar-refractivity contribution >= 4 is 16.7 Å². The first kappa shape index (κ1) is 12.4. The van der Waals surface area contributed by atoms with Crippen molar-refractivity contribution in [3.63, 3.8) is 0 Å². The van der Waals surface area contributed by atoms with E-state index in [1.807, 2.05) is 43.3 Å². The van der Waals surface area contributed by atoms with E-state index in [1.165, 1.54) is 0 Å². The number of carbonyl (C=O) groups excluding carboxylic acids is 1. The van der Waals surface area contributed by atoms with Crippen molar-refractivity contribution in [2.75, 3.05) is 0 Å². The minimum absolute atomic E-state index is 0.0862. The van der Waals surface area contributed by atoms with Gasteiger partial charge in [-0.05, 0) is 23.8 Å². The molecule has 0 saturated carbocycles. The van der Waals surface area contributed by atoms with E-state index in [2.05, 4.69) is 5.16 Å². The van der Waals surface area contributed by atoms with Crippen LogP contribution in [-0.4, -0.2) is 11.1 Å². The van der Waals surface area contributed by atoms with E-state index in [-0.39, 0.29) is 12.6 Å². The summed E-state index contributed by atoms with van der Waals surface area (Å²) in [6.07, 6.45) is 0. The zero-order valence-electron chi connectivity index (χ0n) is 11.0. The molecule has 0 radical (unpaired) electrons. The maximum absolute atomic E-state index is 12.2. The lowest BCUT2D eigenvalue weighted by Crippen LogP contribution is -2.05. The Kier molecular flexibility index (Phi) is 3.21. The van der Waals surface area contributed by atoms with E-state index in [0.717, 1.165) is 16.5 Å². The first-order valence-corrected chi connectivity index (χ1v) is 6.31. The Morgan fingerprint density at radius 1 is 1.20 bits per heavy atom. The van der Waals surface area contributed by atoms with Crippen LogP contribution in [0.25, 0.3) is 10.8 Å². The van der Waals surface area contributed by atoms with Gasteiger partial charge in [0, 0.05) is 6.07 Å². The summed E-state index contributed by atoms with van der Waals surface area (Å²) in [5, 5.41) is 5.65. The number of esters is 1. The van der Waals surface area contributed by atoms with Gasteiger partial charge in [-0.15, -0.1) is 0 Å². The van der Waals surface area contributed by atoms with Gasteiger partial charge in [0.05, 0.1) is 11.3 Å². The first-order valence-electron chi connectivity index (χ1n) is 6.31. The molecule has 0 aliphatic rings. The van der Waals surface area contributed by atoms with Gasteiger partial charge in [-0.25, -0.2) is 4.79 Å². The normalized spacial score (nSPS) is 10.7. The molecule has 0 spiro atoms. The average molecular weight is 267 g/mol. The Labute approximate surface area is 116 Å². The zero-order chi connectivity index (χ0) is 13.9. The van der Waals surface area contributed by atoms with Gasteiger partial charge in [0.25, 0.3) is 0 Å². The predicted molar refractivity (Wildman–Crippen MR) is 74.3 cm³/mol. The summed E-state index contributed by atoms with van der Waals surface area (Å²) < 4.78 is 10.3. The van der Waals surface area contributed by atoms with Crippen LogP contribution in [0.15, 0.2) is 53.1 Å². The van der Waals surface area contributed by atoms with E-state index in [0.29, 0.717) is 11.3 Å². The van der Waals surface area contributed by atoms with Crippen molar-refractivity contribution in [3.8, 4) is 0 Å². The summed E-state index contributed by atoms with van der Waals surface area (Å²) in [5.74, 6) is 0.173. The lowest BCUT2D eigenvalue weighted by molar-refractivity contribution is 0.0439. The lowest BCUT2D eigenvalue weighted by atomic mass is 10.1. The number of aromatic nitrogens is 1. The van der Waals surface area contributed by atoms with Gasteiger partial charge in [-0.3, -0.25) is 0 Å². The van der Waals surface area contributed by atoms with Gasteiger partial charge in [-0.1, -0.05) is 41.6 Å². The standard InChI is InChI=1S/C16H13NO3/c1-11-9-13(20-17-11)10-19-16(18)15-8-4-6-12-5-2-3-7-14(12)15/h2-9H,10H2,1H3. The summed E-state index contributed by atoms with van der Waals surface area (Å²) in [4.78, 5) is 12.2. The highest BCUT2D eigenvalue weighted by atomic mass is 16.5. The van der Waals surface area contributed by atoms with Crippen LogP contribution in [0.3, 0.4) is 0 Å². The zero-order valence-corrected chi connectivity index (χ0v) is 11.0. The number of hydrogen-bond acceptors (Lipinski definition) is 4. The van der Waals surface area contributed by atoms with Crippen LogP contribution in [0.5, 0.6) is 0 Å². The van der Waals surface area contributed by atoms with E-state index in [4.69, 9.17) is 9.26 Å². The molecule has 0 aliphatic heterocycles. The number of aryl methyl sites for hydroxylation is 1. The van der Waals surface area contributed by atoms with Gasteiger partial charge >= 0.3 is 5.97 Å². The van der Waals surface area contributed by atoms with Gasteiger partial charge in [-0.2, -0.15) is 0 Å². The fraction of sp³-hybridized carbons (Fsp3) is 0.125. The highest BCUT2D eigenvalue weighted by Gasteiger charge is 2.12. The van der Waals surface area contributed by atoms with Gasteiger partial charge < -0.3 is 9.26 Å². The van der Waals surface area contributed by atoms with Crippen LogP contribution >= 0.6 is 0 Å². The largest absolute Gasteiger partial charge is 0.454 e. The molecule has 0 bridgehead atoms. The minimum atomic E-state index is -0.365. The van der Waals surface area contributed by atoms with Gasteiger partial charge in [0.1, 0.15) is 0 Å². The molecule has 4 nitrogen and oxygen atoms in total. The summed E-state index contributed by atoms with van der Waals surface area (Å²) in [6.45, 7) is 1.91. The summed E-state index contributed by atoms with van der Waals surface area (Å²) >= 11 is 0. The van der Waals surface area contributed by atoms with Crippen molar-refractivity contribution in [1.82, 2.24) is 5.16 Å².